The van der Waals surface area contributed by atoms with Gasteiger partial charge in [-0.2, -0.15) is 0 Å². The van der Waals surface area contributed by atoms with E-state index < -0.39 is 0 Å². The van der Waals surface area contributed by atoms with Gasteiger partial charge in [0, 0.05) is 18.3 Å². The van der Waals surface area contributed by atoms with Crippen molar-refractivity contribution in [3.63, 3.8) is 0 Å². The number of hydrogen-bond acceptors (Lipinski definition) is 3. The molecule has 0 saturated heterocycles. The fraction of sp³-hybridized carbons (Fsp3) is 0.353. The number of rotatable bonds is 3. The topological polar surface area (TPSA) is 48.1 Å². The van der Waals surface area contributed by atoms with Crippen LogP contribution in [0.15, 0.2) is 36.5 Å². The molecule has 0 aliphatic carbocycles. The monoisotopic (exact) mass is 270 g/mol. The second kappa shape index (κ2) is 5.63. The SMILES string of the molecule is Cc1ccc(Oc2cccnc2CN)c(C(C)(C)C)c1. The van der Waals surface area contributed by atoms with Crippen molar-refractivity contribution >= 4 is 0 Å². The molecule has 2 N–H and O–H groups in total. The van der Waals surface area contributed by atoms with Gasteiger partial charge in [0.1, 0.15) is 11.5 Å². The molecule has 0 unspecified atom stereocenters. The number of ether oxygens (including phenoxy) is 1. The third-order valence-corrected chi connectivity index (χ3v) is 3.20. The molecule has 106 valence electrons. The van der Waals surface area contributed by atoms with Crippen LogP contribution in [0.1, 0.15) is 37.6 Å². The molecule has 0 fully saturated rings. The first kappa shape index (κ1) is 14.5. The summed E-state index contributed by atoms with van der Waals surface area (Å²) in [5, 5.41) is 0. The van der Waals surface area contributed by atoms with Crippen LogP contribution in [0.3, 0.4) is 0 Å². The van der Waals surface area contributed by atoms with Crippen molar-refractivity contribution in [2.45, 2.75) is 39.7 Å². The Labute approximate surface area is 120 Å². The predicted octanol–water partition coefficient (Wildman–Crippen LogP) is 3.94. The minimum absolute atomic E-state index is 0.0203. The van der Waals surface area contributed by atoms with E-state index in [0.29, 0.717) is 6.54 Å². The Morgan fingerprint density at radius 2 is 1.90 bits per heavy atom. The van der Waals surface area contributed by atoms with Crippen LogP contribution in [0.4, 0.5) is 0 Å². The molecule has 2 rings (SSSR count). The molecule has 0 aliphatic heterocycles. The smallest absolute Gasteiger partial charge is 0.150 e. The van der Waals surface area contributed by atoms with Crippen LogP contribution in [-0.2, 0) is 12.0 Å². The highest BCUT2D eigenvalue weighted by molar-refractivity contribution is 5.44. The van der Waals surface area contributed by atoms with Crippen molar-refractivity contribution in [3.05, 3.63) is 53.3 Å². The van der Waals surface area contributed by atoms with Crippen molar-refractivity contribution in [2.24, 2.45) is 5.73 Å². The standard InChI is InChI=1S/C17H22N2O/c1-12-7-8-15(13(10-12)17(2,3)4)20-16-6-5-9-19-14(16)11-18/h5-10H,11,18H2,1-4H3. The van der Waals surface area contributed by atoms with Gasteiger partial charge in [0.15, 0.2) is 0 Å². The number of benzene rings is 1. The zero-order valence-corrected chi connectivity index (χ0v) is 12.6. The molecule has 1 aromatic heterocycles. The fourth-order valence-electron chi connectivity index (χ4n) is 2.11. The van der Waals surface area contributed by atoms with Gasteiger partial charge < -0.3 is 10.5 Å². The van der Waals surface area contributed by atoms with Crippen LogP contribution >= 0.6 is 0 Å². The first-order valence-electron chi connectivity index (χ1n) is 6.85. The van der Waals surface area contributed by atoms with Gasteiger partial charge in [0.2, 0.25) is 0 Å². The summed E-state index contributed by atoms with van der Waals surface area (Å²) in [6.45, 7) is 9.01. The van der Waals surface area contributed by atoms with Gasteiger partial charge in [-0.1, -0.05) is 38.5 Å². The molecule has 1 heterocycles. The van der Waals surface area contributed by atoms with Gasteiger partial charge in [0.05, 0.1) is 5.69 Å². The minimum atomic E-state index is 0.0203. The lowest BCUT2D eigenvalue weighted by molar-refractivity contribution is 0.447. The Morgan fingerprint density at radius 1 is 1.15 bits per heavy atom. The van der Waals surface area contributed by atoms with Gasteiger partial charge in [-0.05, 0) is 30.5 Å². The summed E-state index contributed by atoms with van der Waals surface area (Å²) < 4.78 is 6.07. The maximum absolute atomic E-state index is 6.07. The number of nitrogens with zero attached hydrogens (tertiary/aromatic N) is 1. The molecule has 3 heteroatoms. The van der Waals surface area contributed by atoms with Crippen molar-refractivity contribution < 1.29 is 4.74 Å². The van der Waals surface area contributed by atoms with E-state index in [0.717, 1.165) is 17.2 Å². The first-order valence-corrected chi connectivity index (χ1v) is 6.85. The Bertz CT molecular complexity index is 600. The van der Waals surface area contributed by atoms with E-state index in [9.17, 15) is 0 Å². The summed E-state index contributed by atoms with van der Waals surface area (Å²) in [6, 6.07) is 10.0. The Balaban J connectivity index is 2.44. The lowest BCUT2D eigenvalue weighted by atomic mass is 9.85. The number of aryl methyl sites for hydroxylation is 1. The van der Waals surface area contributed by atoms with Crippen molar-refractivity contribution in [2.75, 3.05) is 0 Å². The highest BCUT2D eigenvalue weighted by Crippen LogP contribution is 2.35. The van der Waals surface area contributed by atoms with Gasteiger partial charge in [-0.25, -0.2) is 0 Å². The molecule has 2 aromatic rings. The summed E-state index contributed by atoms with van der Waals surface area (Å²) in [6.07, 6.45) is 1.73. The van der Waals surface area contributed by atoms with E-state index in [1.54, 1.807) is 6.20 Å². The maximum Gasteiger partial charge on any atom is 0.150 e. The van der Waals surface area contributed by atoms with Crippen LogP contribution in [-0.4, -0.2) is 4.98 Å². The molecule has 0 radical (unpaired) electrons. The van der Waals surface area contributed by atoms with Crippen molar-refractivity contribution in [1.29, 1.82) is 0 Å². The number of hydrogen-bond donors (Lipinski definition) is 1. The normalized spacial score (nSPS) is 11.4. The van der Waals surface area contributed by atoms with Crippen molar-refractivity contribution in [3.8, 4) is 11.5 Å². The summed E-state index contributed by atoms with van der Waals surface area (Å²) in [5.41, 5.74) is 8.91. The lowest BCUT2D eigenvalue weighted by Crippen LogP contribution is -2.13. The second-order valence-electron chi connectivity index (χ2n) is 6.00. The number of aromatic nitrogens is 1. The second-order valence-corrected chi connectivity index (χ2v) is 6.00. The highest BCUT2D eigenvalue weighted by atomic mass is 16.5. The third kappa shape index (κ3) is 3.17. The molecular formula is C17H22N2O. The summed E-state index contributed by atoms with van der Waals surface area (Å²) >= 11 is 0. The molecular weight excluding hydrogens is 248 g/mol. The molecule has 0 atom stereocenters. The number of nitrogens with two attached hydrogens (primary N) is 1. The van der Waals surface area contributed by atoms with E-state index in [-0.39, 0.29) is 5.41 Å². The molecule has 0 bridgehead atoms. The molecule has 3 nitrogen and oxygen atoms in total. The van der Waals surface area contributed by atoms with E-state index in [2.05, 4.69) is 44.8 Å². The molecule has 0 spiro atoms. The van der Waals surface area contributed by atoms with Crippen LogP contribution in [0.5, 0.6) is 11.5 Å². The average molecular weight is 270 g/mol. The zero-order valence-electron chi connectivity index (χ0n) is 12.6. The van der Waals surface area contributed by atoms with Gasteiger partial charge in [0.25, 0.3) is 0 Å². The maximum atomic E-state index is 6.07. The molecule has 0 amide bonds. The van der Waals surface area contributed by atoms with Gasteiger partial charge in [-0.3, -0.25) is 4.98 Å². The number of pyridine rings is 1. The van der Waals surface area contributed by atoms with Gasteiger partial charge in [-0.15, -0.1) is 0 Å². The first-order chi connectivity index (χ1) is 9.41. The largest absolute Gasteiger partial charge is 0.455 e. The zero-order chi connectivity index (χ0) is 14.8. The molecule has 20 heavy (non-hydrogen) atoms. The van der Waals surface area contributed by atoms with E-state index in [1.807, 2.05) is 18.2 Å². The Hall–Kier alpha value is -1.87. The molecule has 0 aliphatic rings. The Morgan fingerprint density at radius 3 is 2.55 bits per heavy atom. The highest BCUT2D eigenvalue weighted by Gasteiger charge is 2.20. The lowest BCUT2D eigenvalue weighted by Gasteiger charge is -2.23. The van der Waals surface area contributed by atoms with E-state index >= 15 is 0 Å². The van der Waals surface area contributed by atoms with E-state index in [1.165, 1.54) is 11.1 Å². The quantitative estimate of drug-likeness (QED) is 0.919. The fourth-order valence-corrected chi connectivity index (χ4v) is 2.11. The summed E-state index contributed by atoms with van der Waals surface area (Å²) in [7, 11) is 0. The summed E-state index contributed by atoms with van der Waals surface area (Å²) in [4.78, 5) is 4.25. The van der Waals surface area contributed by atoms with Crippen LogP contribution in [0.25, 0.3) is 0 Å². The van der Waals surface area contributed by atoms with Crippen LogP contribution in [0.2, 0.25) is 0 Å². The molecule has 1 aromatic carbocycles. The summed E-state index contributed by atoms with van der Waals surface area (Å²) in [5.74, 6) is 1.59. The predicted molar refractivity (Wildman–Crippen MR) is 82.1 cm³/mol. The molecule has 0 saturated carbocycles. The third-order valence-electron chi connectivity index (χ3n) is 3.20. The average Bonchev–Trinajstić information content (AvgIpc) is 2.40. The van der Waals surface area contributed by atoms with Gasteiger partial charge >= 0.3 is 0 Å². The Kier molecular flexibility index (Phi) is 4.09. The van der Waals surface area contributed by atoms with E-state index in [4.69, 9.17) is 10.5 Å². The van der Waals surface area contributed by atoms with Crippen LogP contribution in [0, 0.1) is 6.92 Å². The van der Waals surface area contributed by atoms with Crippen LogP contribution < -0.4 is 10.5 Å². The van der Waals surface area contributed by atoms with Crippen molar-refractivity contribution in [1.82, 2.24) is 4.98 Å². The minimum Gasteiger partial charge on any atom is -0.455 e.